The van der Waals surface area contributed by atoms with Gasteiger partial charge >= 0.3 is 6.09 Å². The summed E-state index contributed by atoms with van der Waals surface area (Å²) in [5, 5.41) is 0. The van der Waals surface area contributed by atoms with Crippen LogP contribution < -0.4 is 0 Å². The lowest BCUT2D eigenvalue weighted by molar-refractivity contribution is -0.137. The topological polar surface area (TPSA) is 49.9 Å². The van der Waals surface area contributed by atoms with E-state index in [4.69, 9.17) is 4.74 Å². The van der Waals surface area contributed by atoms with Gasteiger partial charge in [0.1, 0.15) is 5.60 Å². The van der Waals surface area contributed by atoms with Crippen LogP contribution in [0.5, 0.6) is 0 Å². The number of piperidine rings is 2. The van der Waals surface area contributed by atoms with E-state index in [1.165, 1.54) is 0 Å². The van der Waals surface area contributed by atoms with Gasteiger partial charge in [0.15, 0.2) is 0 Å². The van der Waals surface area contributed by atoms with Crippen LogP contribution in [0.2, 0.25) is 0 Å². The van der Waals surface area contributed by atoms with Gasteiger partial charge in [0.05, 0.1) is 9.97 Å². The first-order chi connectivity index (χ1) is 10.2. The first-order valence-electron chi connectivity index (χ1n) is 8.11. The molecule has 2 rings (SSSR count). The van der Waals surface area contributed by atoms with Gasteiger partial charge in [-0.25, -0.2) is 4.79 Å². The predicted octanol–water partition coefficient (Wildman–Crippen LogP) is 3.06. The Labute approximate surface area is 146 Å². The van der Waals surface area contributed by atoms with Crippen molar-refractivity contribution >= 4 is 34.6 Å². The van der Waals surface area contributed by atoms with Gasteiger partial charge in [-0.3, -0.25) is 4.79 Å². The first kappa shape index (κ1) is 17.8. The molecule has 0 radical (unpaired) electrons. The van der Waals surface area contributed by atoms with Crippen molar-refractivity contribution in [3.05, 3.63) is 0 Å². The fourth-order valence-electron chi connectivity index (χ4n) is 3.13. The number of amides is 2. The molecule has 0 bridgehead atoms. The number of halogens is 1. The maximum atomic E-state index is 12.5. The summed E-state index contributed by atoms with van der Waals surface area (Å²) < 4.78 is 5.56. The maximum Gasteiger partial charge on any atom is 0.410 e. The fourth-order valence-corrected chi connectivity index (χ4v) is 3.93. The number of likely N-dealkylation sites (tertiary alicyclic amines) is 2. The molecule has 0 N–H and O–H groups in total. The summed E-state index contributed by atoms with van der Waals surface area (Å²) in [5.74, 6) is 0.652. The molecule has 1 unspecified atom stereocenters. The summed E-state index contributed by atoms with van der Waals surface area (Å²) in [6.45, 7) is 9.93. The van der Waals surface area contributed by atoms with Gasteiger partial charge in [-0.2, -0.15) is 0 Å². The summed E-state index contributed by atoms with van der Waals surface area (Å²) in [4.78, 5) is 28.5. The van der Waals surface area contributed by atoms with Crippen LogP contribution in [0.1, 0.15) is 47.0 Å². The molecule has 2 fully saturated rings. The average molecular weight is 422 g/mol. The quantitative estimate of drug-likeness (QED) is 0.482. The molecule has 2 heterocycles. The number of ether oxygens (including phenoxy) is 1. The zero-order valence-electron chi connectivity index (χ0n) is 14.0. The van der Waals surface area contributed by atoms with Crippen molar-refractivity contribution < 1.29 is 14.3 Å². The van der Waals surface area contributed by atoms with Crippen LogP contribution in [0.25, 0.3) is 0 Å². The van der Waals surface area contributed by atoms with Crippen molar-refractivity contribution in [1.29, 1.82) is 0 Å². The summed E-state index contributed by atoms with van der Waals surface area (Å²) in [5.41, 5.74) is -0.482. The van der Waals surface area contributed by atoms with Gasteiger partial charge in [-0.05, 0) is 46.0 Å². The highest BCUT2D eigenvalue weighted by Gasteiger charge is 2.39. The molecule has 0 aromatic carbocycles. The van der Waals surface area contributed by atoms with E-state index < -0.39 is 5.60 Å². The van der Waals surface area contributed by atoms with E-state index in [0.717, 1.165) is 25.8 Å². The third kappa shape index (κ3) is 4.26. The number of nitrogens with zero attached hydrogens (tertiary/aromatic N) is 2. The molecule has 0 aromatic heterocycles. The van der Waals surface area contributed by atoms with E-state index in [1.54, 1.807) is 4.90 Å². The zero-order valence-corrected chi connectivity index (χ0v) is 16.1. The molecule has 0 aliphatic carbocycles. The lowest BCUT2D eigenvalue weighted by atomic mass is 9.90. The highest BCUT2D eigenvalue weighted by atomic mass is 127. The van der Waals surface area contributed by atoms with Gasteiger partial charge in [0, 0.05) is 19.6 Å². The third-order valence-corrected chi connectivity index (χ3v) is 5.53. The van der Waals surface area contributed by atoms with Crippen molar-refractivity contribution in [2.24, 2.45) is 5.92 Å². The highest BCUT2D eigenvalue weighted by molar-refractivity contribution is 14.1. The molecule has 3 atom stereocenters. The Morgan fingerprint density at radius 2 is 1.95 bits per heavy atom. The minimum atomic E-state index is -0.482. The van der Waals surface area contributed by atoms with E-state index in [0.29, 0.717) is 19.0 Å². The monoisotopic (exact) mass is 422 g/mol. The summed E-state index contributed by atoms with van der Waals surface area (Å²) in [6.07, 6.45) is 2.67. The number of rotatable bonds is 1. The number of carbonyl (C=O) groups excluding carboxylic acids is 2. The average Bonchev–Trinajstić information content (AvgIpc) is 2.41. The van der Waals surface area contributed by atoms with Crippen LogP contribution in [0.15, 0.2) is 0 Å². The lowest BCUT2D eigenvalue weighted by Gasteiger charge is -2.45. The Morgan fingerprint density at radius 1 is 1.27 bits per heavy atom. The molecule has 0 aromatic rings. The van der Waals surface area contributed by atoms with E-state index in [1.807, 2.05) is 25.7 Å². The smallest absolute Gasteiger partial charge is 0.410 e. The van der Waals surface area contributed by atoms with Gasteiger partial charge < -0.3 is 14.5 Å². The van der Waals surface area contributed by atoms with Crippen LogP contribution in [-0.4, -0.2) is 57.0 Å². The van der Waals surface area contributed by atoms with Crippen LogP contribution in [-0.2, 0) is 9.53 Å². The van der Waals surface area contributed by atoms with Crippen LogP contribution in [0.4, 0.5) is 4.79 Å². The SMILES string of the molecule is C[C@H]1CCN(C(=O)OC(C)(C)C)C[C@@H]1N1CCCC(I)C1=O. The molecular weight excluding hydrogens is 395 g/mol. The minimum absolute atomic E-state index is 0.0791. The Kier molecular flexibility index (Phi) is 5.61. The van der Waals surface area contributed by atoms with Crippen molar-refractivity contribution in [3.63, 3.8) is 0 Å². The van der Waals surface area contributed by atoms with Gasteiger partial charge in [0.2, 0.25) is 5.91 Å². The van der Waals surface area contributed by atoms with Gasteiger partial charge in [0.25, 0.3) is 0 Å². The zero-order chi connectivity index (χ0) is 16.5. The normalized spacial score (nSPS) is 30.4. The molecule has 2 saturated heterocycles. The van der Waals surface area contributed by atoms with Gasteiger partial charge in [-0.1, -0.05) is 29.5 Å². The van der Waals surface area contributed by atoms with E-state index in [2.05, 4.69) is 29.5 Å². The highest BCUT2D eigenvalue weighted by Crippen LogP contribution is 2.28. The maximum absolute atomic E-state index is 12.5. The van der Waals surface area contributed by atoms with E-state index in [9.17, 15) is 9.59 Å². The second-order valence-electron chi connectivity index (χ2n) is 7.40. The molecule has 2 aliphatic rings. The minimum Gasteiger partial charge on any atom is -0.444 e. The van der Waals surface area contributed by atoms with Crippen LogP contribution in [0.3, 0.4) is 0 Å². The van der Waals surface area contributed by atoms with Crippen molar-refractivity contribution in [2.45, 2.75) is 62.5 Å². The summed E-state index contributed by atoms with van der Waals surface area (Å²) in [7, 11) is 0. The van der Waals surface area contributed by atoms with Crippen LogP contribution >= 0.6 is 22.6 Å². The van der Waals surface area contributed by atoms with Gasteiger partial charge in [-0.15, -0.1) is 0 Å². The number of alkyl halides is 1. The second kappa shape index (κ2) is 6.93. The Hall–Kier alpha value is -0.530. The van der Waals surface area contributed by atoms with E-state index >= 15 is 0 Å². The molecule has 2 aliphatic heterocycles. The largest absolute Gasteiger partial charge is 0.444 e. The Bertz CT molecular complexity index is 436. The Balaban J connectivity index is 2.05. The predicted molar refractivity (Wildman–Crippen MR) is 94.1 cm³/mol. The molecule has 0 saturated carbocycles. The molecule has 5 nitrogen and oxygen atoms in total. The summed E-state index contributed by atoms with van der Waals surface area (Å²) in [6, 6.07) is 0.117. The summed E-state index contributed by atoms with van der Waals surface area (Å²) >= 11 is 2.24. The van der Waals surface area contributed by atoms with E-state index in [-0.39, 0.29) is 22.0 Å². The molecule has 126 valence electrons. The number of hydrogen-bond acceptors (Lipinski definition) is 3. The second-order valence-corrected chi connectivity index (χ2v) is 8.90. The van der Waals surface area contributed by atoms with Crippen molar-refractivity contribution in [2.75, 3.05) is 19.6 Å². The number of carbonyl (C=O) groups is 2. The fraction of sp³-hybridized carbons (Fsp3) is 0.875. The molecule has 0 spiro atoms. The molecule has 2 amide bonds. The third-order valence-electron chi connectivity index (χ3n) is 4.38. The Morgan fingerprint density at radius 3 is 2.59 bits per heavy atom. The molecular formula is C16H27IN2O3. The van der Waals surface area contributed by atoms with Crippen molar-refractivity contribution in [3.8, 4) is 0 Å². The first-order valence-corrected chi connectivity index (χ1v) is 9.36. The standard InChI is InChI=1S/C16H27IN2O3/c1-11-7-9-18(15(21)22-16(2,3)4)10-13(11)19-8-5-6-12(17)14(19)20/h11-13H,5-10H2,1-4H3/t11-,12?,13-/m0/s1. The lowest BCUT2D eigenvalue weighted by Crippen LogP contribution is -2.58. The molecule has 6 heteroatoms. The van der Waals surface area contributed by atoms with Crippen molar-refractivity contribution in [1.82, 2.24) is 9.80 Å². The molecule has 22 heavy (non-hydrogen) atoms. The number of hydrogen-bond donors (Lipinski definition) is 0. The van der Waals surface area contributed by atoms with Crippen LogP contribution in [0, 0.1) is 5.92 Å².